The third-order valence-electron chi connectivity index (χ3n) is 3.57. The highest BCUT2D eigenvalue weighted by atomic mass is 16.5. The quantitative estimate of drug-likeness (QED) is 0.868. The monoisotopic (exact) mass is 253 g/mol. The zero-order valence-corrected chi connectivity index (χ0v) is 11.3. The predicted octanol–water partition coefficient (Wildman–Crippen LogP) is 1.93. The molecule has 1 aliphatic rings. The summed E-state index contributed by atoms with van der Waals surface area (Å²) in [6.45, 7) is 5.91. The van der Waals surface area contributed by atoms with Gasteiger partial charge in [0.25, 0.3) is 0 Å². The molecule has 18 heavy (non-hydrogen) atoms. The molecule has 102 valence electrons. The van der Waals surface area contributed by atoms with E-state index in [4.69, 9.17) is 4.52 Å². The Morgan fingerprint density at radius 2 is 2.39 bits per heavy atom. The number of aliphatic hydroxyl groups excluding tert-OH is 1. The second-order valence-corrected chi connectivity index (χ2v) is 5.12. The molecule has 2 unspecified atom stereocenters. The molecule has 0 amide bonds. The number of hydrogen-bond acceptors (Lipinski definition) is 5. The summed E-state index contributed by atoms with van der Waals surface area (Å²) in [4.78, 5) is 6.66. The first kappa shape index (κ1) is 13.5. The molecule has 1 aliphatic heterocycles. The van der Waals surface area contributed by atoms with E-state index in [1.807, 2.05) is 0 Å². The molecular weight excluding hydrogens is 230 g/mol. The second kappa shape index (κ2) is 6.29. The molecule has 1 N–H and O–H groups in total. The molecule has 1 aromatic rings. The van der Waals surface area contributed by atoms with Crippen molar-refractivity contribution in [3.05, 3.63) is 11.7 Å². The Morgan fingerprint density at radius 3 is 3.11 bits per heavy atom. The fourth-order valence-corrected chi connectivity index (χ4v) is 2.36. The number of aliphatic hydroxyl groups is 1. The van der Waals surface area contributed by atoms with Crippen molar-refractivity contribution in [2.24, 2.45) is 0 Å². The lowest BCUT2D eigenvalue weighted by atomic mass is 10.1. The Labute approximate surface area is 108 Å². The molecule has 0 bridgehead atoms. The van der Waals surface area contributed by atoms with Crippen LogP contribution in [0.5, 0.6) is 0 Å². The van der Waals surface area contributed by atoms with Gasteiger partial charge in [-0.3, -0.25) is 4.90 Å². The van der Waals surface area contributed by atoms with Crippen molar-refractivity contribution in [2.75, 3.05) is 13.1 Å². The molecule has 0 saturated carbocycles. The lowest BCUT2D eigenvalue weighted by molar-refractivity contribution is 0.0422. The van der Waals surface area contributed by atoms with Crippen molar-refractivity contribution in [1.82, 2.24) is 15.0 Å². The van der Waals surface area contributed by atoms with Crippen LogP contribution in [0.25, 0.3) is 0 Å². The molecule has 2 heterocycles. The lowest BCUT2D eigenvalue weighted by Gasteiger charge is -2.32. The summed E-state index contributed by atoms with van der Waals surface area (Å²) in [5.41, 5.74) is 0. The fourth-order valence-electron chi connectivity index (χ4n) is 2.36. The molecule has 2 atom stereocenters. The van der Waals surface area contributed by atoms with E-state index in [1.165, 1.54) is 0 Å². The van der Waals surface area contributed by atoms with Gasteiger partial charge in [0.2, 0.25) is 5.89 Å². The first-order valence-electron chi connectivity index (χ1n) is 6.95. The summed E-state index contributed by atoms with van der Waals surface area (Å²) < 4.78 is 5.33. The van der Waals surface area contributed by atoms with Crippen molar-refractivity contribution in [1.29, 1.82) is 0 Å². The van der Waals surface area contributed by atoms with Gasteiger partial charge in [0.15, 0.2) is 5.82 Å². The van der Waals surface area contributed by atoms with E-state index < -0.39 is 0 Å². The Balaban J connectivity index is 1.95. The molecule has 2 rings (SSSR count). The van der Waals surface area contributed by atoms with Crippen LogP contribution in [0.1, 0.15) is 57.3 Å². The summed E-state index contributed by atoms with van der Waals surface area (Å²) in [6, 6.07) is 0.0998. The molecule has 0 aromatic carbocycles. The van der Waals surface area contributed by atoms with E-state index in [1.54, 1.807) is 0 Å². The number of aromatic nitrogens is 2. The second-order valence-electron chi connectivity index (χ2n) is 5.12. The number of piperidine rings is 1. The Bertz CT molecular complexity index is 367. The van der Waals surface area contributed by atoms with Crippen LogP contribution in [0, 0.1) is 0 Å². The first-order valence-corrected chi connectivity index (χ1v) is 6.95. The van der Waals surface area contributed by atoms with E-state index in [-0.39, 0.29) is 12.1 Å². The Hall–Kier alpha value is -0.940. The SMILES string of the molecule is CCCCc1noc(C(C)N2CCCC(O)C2)n1. The highest BCUT2D eigenvalue weighted by molar-refractivity contribution is 4.93. The lowest BCUT2D eigenvalue weighted by Crippen LogP contribution is -2.39. The average Bonchev–Trinajstić information content (AvgIpc) is 2.84. The van der Waals surface area contributed by atoms with Crippen LogP contribution in [0.3, 0.4) is 0 Å². The number of unbranched alkanes of at least 4 members (excludes halogenated alkanes) is 1. The van der Waals surface area contributed by atoms with Crippen LogP contribution in [-0.2, 0) is 6.42 Å². The van der Waals surface area contributed by atoms with E-state index >= 15 is 0 Å². The van der Waals surface area contributed by atoms with Gasteiger partial charge in [0.1, 0.15) is 0 Å². The van der Waals surface area contributed by atoms with Crippen LogP contribution in [0.4, 0.5) is 0 Å². The molecule has 5 heteroatoms. The molecule has 1 saturated heterocycles. The van der Waals surface area contributed by atoms with Crippen molar-refractivity contribution in [2.45, 2.75) is 58.1 Å². The highest BCUT2D eigenvalue weighted by Gasteiger charge is 2.26. The van der Waals surface area contributed by atoms with E-state index in [2.05, 4.69) is 28.9 Å². The number of rotatable bonds is 5. The zero-order valence-electron chi connectivity index (χ0n) is 11.3. The van der Waals surface area contributed by atoms with Crippen LogP contribution in [-0.4, -0.2) is 39.3 Å². The third kappa shape index (κ3) is 3.29. The van der Waals surface area contributed by atoms with Gasteiger partial charge in [-0.25, -0.2) is 0 Å². The van der Waals surface area contributed by atoms with Gasteiger partial charge in [-0.05, 0) is 32.7 Å². The van der Waals surface area contributed by atoms with Gasteiger partial charge in [-0.2, -0.15) is 4.98 Å². The molecule has 0 aliphatic carbocycles. The minimum Gasteiger partial charge on any atom is -0.392 e. The normalized spacial score (nSPS) is 23.2. The molecule has 5 nitrogen and oxygen atoms in total. The first-order chi connectivity index (χ1) is 8.70. The van der Waals surface area contributed by atoms with Crippen molar-refractivity contribution in [3.8, 4) is 0 Å². The third-order valence-corrected chi connectivity index (χ3v) is 3.57. The number of β-amino-alcohol motifs (C(OH)–C–C–N with tert-alkyl or cyclic N) is 1. The molecule has 0 spiro atoms. The number of likely N-dealkylation sites (tertiary alicyclic amines) is 1. The summed E-state index contributed by atoms with van der Waals surface area (Å²) in [5.74, 6) is 1.48. The highest BCUT2D eigenvalue weighted by Crippen LogP contribution is 2.23. The van der Waals surface area contributed by atoms with E-state index in [9.17, 15) is 5.11 Å². The van der Waals surface area contributed by atoms with Crippen molar-refractivity contribution >= 4 is 0 Å². The maximum atomic E-state index is 9.69. The fraction of sp³-hybridized carbons (Fsp3) is 0.846. The molecule has 1 aromatic heterocycles. The topological polar surface area (TPSA) is 62.4 Å². The van der Waals surface area contributed by atoms with Gasteiger partial charge >= 0.3 is 0 Å². The van der Waals surface area contributed by atoms with Crippen LogP contribution >= 0.6 is 0 Å². The van der Waals surface area contributed by atoms with Crippen LogP contribution in [0.2, 0.25) is 0 Å². The van der Waals surface area contributed by atoms with E-state index in [0.717, 1.165) is 44.5 Å². The van der Waals surface area contributed by atoms with E-state index in [0.29, 0.717) is 12.4 Å². The van der Waals surface area contributed by atoms with Gasteiger partial charge in [0.05, 0.1) is 12.1 Å². The molecular formula is C13H23N3O2. The standard InChI is InChI=1S/C13H23N3O2/c1-3-4-7-12-14-13(18-15-12)10(2)16-8-5-6-11(17)9-16/h10-11,17H,3-9H2,1-2H3. The maximum absolute atomic E-state index is 9.69. The van der Waals surface area contributed by atoms with Gasteiger partial charge in [0, 0.05) is 13.0 Å². The molecule has 1 fully saturated rings. The van der Waals surface area contributed by atoms with Crippen LogP contribution < -0.4 is 0 Å². The summed E-state index contributed by atoms with van der Waals surface area (Å²) >= 11 is 0. The summed E-state index contributed by atoms with van der Waals surface area (Å²) in [5, 5.41) is 13.7. The Morgan fingerprint density at radius 1 is 1.56 bits per heavy atom. The average molecular weight is 253 g/mol. The smallest absolute Gasteiger partial charge is 0.243 e. The zero-order chi connectivity index (χ0) is 13.0. The largest absolute Gasteiger partial charge is 0.392 e. The number of aryl methyl sites for hydroxylation is 1. The summed E-state index contributed by atoms with van der Waals surface area (Å²) in [7, 11) is 0. The number of hydrogen-bond donors (Lipinski definition) is 1. The minimum absolute atomic E-state index is 0.0998. The van der Waals surface area contributed by atoms with Crippen LogP contribution in [0.15, 0.2) is 4.52 Å². The minimum atomic E-state index is -0.219. The van der Waals surface area contributed by atoms with Gasteiger partial charge in [-0.15, -0.1) is 0 Å². The van der Waals surface area contributed by atoms with Gasteiger partial charge in [-0.1, -0.05) is 18.5 Å². The number of nitrogens with zero attached hydrogens (tertiary/aromatic N) is 3. The summed E-state index contributed by atoms with van der Waals surface area (Å²) in [6.07, 6.45) is 4.82. The Kier molecular flexibility index (Phi) is 4.72. The van der Waals surface area contributed by atoms with Gasteiger partial charge < -0.3 is 9.63 Å². The van der Waals surface area contributed by atoms with Crippen molar-refractivity contribution < 1.29 is 9.63 Å². The predicted molar refractivity (Wildman–Crippen MR) is 68.1 cm³/mol. The van der Waals surface area contributed by atoms with Crippen molar-refractivity contribution in [3.63, 3.8) is 0 Å². The maximum Gasteiger partial charge on any atom is 0.243 e. The molecule has 0 radical (unpaired) electrons.